The van der Waals surface area contributed by atoms with Gasteiger partial charge in [0.15, 0.2) is 5.82 Å². The Bertz CT molecular complexity index is 1410. The number of piperidine rings is 1. The molecule has 0 bridgehead atoms. The summed E-state index contributed by atoms with van der Waals surface area (Å²) in [5.41, 5.74) is 8.40. The highest BCUT2D eigenvalue weighted by Gasteiger charge is 2.38. The van der Waals surface area contributed by atoms with Gasteiger partial charge in [-0.05, 0) is 30.5 Å². The smallest absolute Gasteiger partial charge is 0.254 e. The van der Waals surface area contributed by atoms with Gasteiger partial charge in [0.1, 0.15) is 11.1 Å². The van der Waals surface area contributed by atoms with Crippen LogP contribution in [-0.4, -0.2) is 53.8 Å². The third-order valence-electron chi connectivity index (χ3n) is 6.47. The number of primary amides is 1. The van der Waals surface area contributed by atoms with Crippen molar-refractivity contribution in [3.63, 3.8) is 0 Å². The second kappa shape index (κ2) is 9.11. The fraction of sp³-hybridized carbons (Fsp3) is 0.304. The molecule has 178 valence electrons. The topological polar surface area (TPSA) is 154 Å². The standard InChI is InChI=1S/C23H23FN10O/c24-19-11-16(2-8-28-19)30-22-17(21(26)35)14-34(32-22)23(3-6-25)4-9-33(10-5-23)13-15-1-7-27-18-12-29-31-20(15)18/h1-2,7-8,11-12,14H,3-5,9-10,13H2,(H2,26,35)(H,29,31)(H,28,30,32). The van der Waals surface area contributed by atoms with Crippen LogP contribution in [0.2, 0.25) is 0 Å². The maximum atomic E-state index is 13.5. The van der Waals surface area contributed by atoms with Crippen LogP contribution in [0.3, 0.4) is 0 Å². The zero-order chi connectivity index (χ0) is 24.4. The maximum Gasteiger partial charge on any atom is 0.254 e. The number of amides is 1. The highest BCUT2D eigenvalue weighted by molar-refractivity contribution is 5.98. The van der Waals surface area contributed by atoms with Crippen LogP contribution in [0.15, 0.2) is 43.0 Å². The van der Waals surface area contributed by atoms with Crippen molar-refractivity contribution in [3.8, 4) is 6.07 Å². The van der Waals surface area contributed by atoms with Crippen LogP contribution in [0.25, 0.3) is 11.0 Å². The number of nitrogens with one attached hydrogen (secondary N) is 2. The van der Waals surface area contributed by atoms with Gasteiger partial charge in [-0.1, -0.05) is 0 Å². The molecule has 11 nitrogen and oxygen atoms in total. The number of nitrogens with zero attached hydrogens (tertiary/aromatic N) is 7. The van der Waals surface area contributed by atoms with Gasteiger partial charge < -0.3 is 11.1 Å². The zero-order valence-corrected chi connectivity index (χ0v) is 18.8. The Morgan fingerprint density at radius 2 is 2.09 bits per heavy atom. The average molecular weight is 475 g/mol. The lowest BCUT2D eigenvalue weighted by atomic mass is 9.84. The molecule has 1 amide bonds. The molecule has 5 heterocycles. The molecule has 4 aromatic rings. The molecule has 1 saturated heterocycles. The van der Waals surface area contributed by atoms with Gasteiger partial charge in [0.05, 0.1) is 29.7 Å². The van der Waals surface area contributed by atoms with Gasteiger partial charge in [-0.25, -0.2) is 4.98 Å². The first-order valence-corrected chi connectivity index (χ1v) is 11.1. The van der Waals surface area contributed by atoms with Crippen molar-refractivity contribution in [3.05, 3.63) is 60.1 Å². The number of nitriles is 1. The predicted octanol–water partition coefficient (Wildman–Crippen LogP) is 2.44. The number of carbonyl (C=O) groups is 1. The van der Waals surface area contributed by atoms with E-state index in [1.807, 2.05) is 6.07 Å². The van der Waals surface area contributed by atoms with Gasteiger partial charge >= 0.3 is 0 Å². The molecule has 0 spiro atoms. The summed E-state index contributed by atoms with van der Waals surface area (Å²) < 4.78 is 15.2. The van der Waals surface area contributed by atoms with Crippen molar-refractivity contribution >= 4 is 28.4 Å². The first-order chi connectivity index (χ1) is 17.0. The number of pyridine rings is 2. The van der Waals surface area contributed by atoms with E-state index in [1.54, 1.807) is 29.3 Å². The summed E-state index contributed by atoms with van der Waals surface area (Å²) in [4.78, 5) is 22.3. The van der Waals surface area contributed by atoms with E-state index in [-0.39, 0.29) is 17.8 Å². The number of halogens is 1. The zero-order valence-electron chi connectivity index (χ0n) is 18.8. The molecule has 0 aliphatic carbocycles. The molecule has 0 aromatic carbocycles. The second-order valence-corrected chi connectivity index (χ2v) is 8.63. The van der Waals surface area contributed by atoms with E-state index < -0.39 is 17.4 Å². The molecule has 35 heavy (non-hydrogen) atoms. The predicted molar refractivity (Wildman–Crippen MR) is 125 cm³/mol. The van der Waals surface area contributed by atoms with Gasteiger partial charge in [0.2, 0.25) is 5.95 Å². The molecule has 5 rings (SSSR count). The van der Waals surface area contributed by atoms with E-state index in [0.29, 0.717) is 18.5 Å². The number of nitrogens with two attached hydrogens (primary N) is 1. The van der Waals surface area contributed by atoms with Gasteiger partial charge in [-0.2, -0.15) is 19.8 Å². The lowest BCUT2D eigenvalue weighted by molar-refractivity contribution is 0.0969. The van der Waals surface area contributed by atoms with Gasteiger partial charge in [0.25, 0.3) is 5.91 Å². The molecular weight excluding hydrogens is 451 g/mol. The monoisotopic (exact) mass is 474 g/mol. The van der Waals surface area contributed by atoms with E-state index in [9.17, 15) is 14.4 Å². The molecule has 1 aliphatic rings. The quantitative estimate of drug-likeness (QED) is 0.345. The van der Waals surface area contributed by atoms with Gasteiger partial charge in [0, 0.05) is 50.0 Å². The third kappa shape index (κ3) is 4.41. The largest absolute Gasteiger partial charge is 0.365 e. The number of carbonyl (C=O) groups excluding carboxylic acids is 1. The molecule has 4 aromatic heterocycles. The van der Waals surface area contributed by atoms with Crippen LogP contribution in [0, 0.1) is 17.3 Å². The van der Waals surface area contributed by atoms with Crippen LogP contribution >= 0.6 is 0 Å². The Labute approximate surface area is 199 Å². The van der Waals surface area contributed by atoms with Crippen molar-refractivity contribution in [2.75, 3.05) is 18.4 Å². The minimum absolute atomic E-state index is 0.167. The van der Waals surface area contributed by atoms with Crippen LogP contribution in [-0.2, 0) is 12.1 Å². The maximum absolute atomic E-state index is 13.5. The van der Waals surface area contributed by atoms with E-state index in [1.165, 1.54) is 12.3 Å². The Morgan fingerprint density at radius 1 is 1.29 bits per heavy atom. The minimum Gasteiger partial charge on any atom is -0.365 e. The number of rotatable bonds is 7. The summed E-state index contributed by atoms with van der Waals surface area (Å²) in [6, 6.07) is 7.02. The summed E-state index contributed by atoms with van der Waals surface area (Å²) in [7, 11) is 0. The van der Waals surface area contributed by atoms with Gasteiger partial charge in [-0.15, -0.1) is 0 Å². The number of H-pyrrole nitrogens is 1. The summed E-state index contributed by atoms with van der Waals surface area (Å²) in [6.07, 6.45) is 7.89. The molecule has 0 radical (unpaired) electrons. The first-order valence-electron chi connectivity index (χ1n) is 11.1. The molecular formula is C23H23FN10O. The minimum atomic E-state index is -0.668. The van der Waals surface area contributed by atoms with Crippen LogP contribution in [0.4, 0.5) is 15.9 Å². The Hall–Kier alpha value is -4.37. The fourth-order valence-corrected chi connectivity index (χ4v) is 4.55. The number of hydrogen-bond donors (Lipinski definition) is 3. The van der Waals surface area contributed by atoms with Gasteiger partial charge in [-0.3, -0.25) is 24.5 Å². The van der Waals surface area contributed by atoms with Crippen molar-refractivity contribution in [2.24, 2.45) is 5.73 Å². The summed E-state index contributed by atoms with van der Waals surface area (Å²) in [5.74, 6) is -1.12. The van der Waals surface area contributed by atoms with Crippen LogP contribution in [0.5, 0.6) is 0 Å². The third-order valence-corrected chi connectivity index (χ3v) is 6.47. The highest BCUT2D eigenvalue weighted by atomic mass is 19.1. The number of anilines is 2. The summed E-state index contributed by atoms with van der Waals surface area (Å²) in [6.45, 7) is 2.17. The fourth-order valence-electron chi connectivity index (χ4n) is 4.55. The SMILES string of the molecule is N#CCC1(n2cc(C(N)=O)c(Nc3ccnc(F)c3)n2)CCN(Cc2ccnc3cn[nH]c23)CC1. The molecule has 1 fully saturated rings. The Balaban J connectivity index is 1.38. The van der Waals surface area contributed by atoms with E-state index in [0.717, 1.165) is 36.2 Å². The molecule has 0 unspecified atom stereocenters. The molecule has 4 N–H and O–H groups in total. The summed E-state index contributed by atoms with van der Waals surface area (Å²) in [5, 5.41) is 24.2. The van der Waals surface area contributed by atoms with Crippen LogP contribution < -0.4 is 11.1 Å². The normalized spacial score (nSPS) is 15.7. The Kier molecular flexibility index (Phi) is 5.84. The highest BCUT2D eigenvalue weighted by Crippen LogP contribution is 2.35. The molecule has 12 heteroatoms. The van der Waals surface area contributed by atoms with Crippen molar-refractivity contribution < 1.29 is 9.18 Å². The number of aromatic nitrogens is 6. The average Bonchev–Trinajstić information content (AvgIpc) is 3.49. The van der Waals surface area contributed by atoms with Crippen molar-refractivity contribution in [1.29, 1.82) is 5.26 Å². The van der Waals surface area contributed by atoms with Crippen LogP contribution in [0.1, 0.15) is 35.2 Å². The van der Waals surface area contributed by atoms with E-state index in [2.05, 4.69) is 41.5 Å². The number of hydrogen-bond acceptors (Lipinski definition) is 8. The summed E-state index contributed by atoms with van der Waals surface area (Å²) >= 11 is 0. The molecule has 1 aliphatic heterocycles. The lowest BCUT2D eigenvalue weighted by Crippen LogP contribution is -2.46. The second-order valence-electron chi connectivity index (χ2n) is 8.63. The number of fused-ring (bicyclic) bond motifs is 1. The number of aromatic amines is 1. The first kappa shape index (κ1) is 22.4. The van der Waals surface area contributed by atoms with Crippen molar-refractivity contribution in [1.82, 2.24) is 34.8 Å². The van der Waals surface area contributed by atoms with E-state index in [4.69, 9.17) is 5.73 Å². The van der Waals surface area contributed by atoms with Crippen molar-refractivity contribution in [2.45, 2.75) is 31.3 Å². The molecule has 0 atom stereocenters. The van der Waals surface area contributed by atoms with E-state index >= 15 is 0 Å². The lowest BCUT2D eigenvalue weighted by Gasteiger charge is -2.40. The molecule has 0 saturated carbocycles. The Morgan fingerprint density at radius 3 is 2.83 bits per heavy atom. The number of likely N-dealkylation sites (tertiary alicyclic amines) is 1.